The molecule has 0 heterocycles. The molecule has 0 saturated heterocycles. The third-order valence-electron chi connectivity index (χ3n) is 2.82. The molecule has 0 aliphatic carbocycles. The zero-order valence-electron chi connectivity index (χ0n) is 10.9. The predicted octanol–water partition coefficient (Wildman–Crippen LogP) is 2.75. The number of nitrogens with one attached hydrogen (secondary N) is 1. The smallest absolute Gasteiger partial charge is 0.228 e. The van der Waals surface area contributed by atoms with Gasteiger partial charge in [0.1, 0.15) is 5.82 Å². The van der Waals surface area contributed by atoms with Gasteiger partial charge in [-0.15, -0.1) is 0 Å². The Labute approximate surface area is 121 Å². The molecule has 0 saturated carbocycles. The normalized spacial score (nSPS) is 9.48. The topological polar surface area (TPSA) is 76.7 Å². The molecule has 0 fully saturated rings. The lowest BCUT2D eigenvalue weighted by Gasteiger charge is -2.06. The molecule has 0 aromatic heterocycles. The first-order valence-corrected chi connectivity index (χ1v) is 6.11. The molecular formula is C16H10FN3O. The van der Waals surface area contributed by atoms with E-state index in [0.717, 1.165) is 11.6 Å². The SMILES string of the molecule is N#Cc1ccc(CC(=O)Nc2ccc(C#N)cc2F)cc1. The van der Waals surface area contributed by atoms with Crippen LogP contribution in [-0.4, -0.2) is 5.91 Å². The highest BCUT2D eigenvalue weighted by atomic mass is 19.1. The first-order chi connectivity index (χ1) is 10.1. The maximum absolute atomic E-state index is 13.6. The fourth-order valence-corrected chi connectivity index (χ4v) is 1.76. The van der Waals surface area contributed by atoms with Crippen LogP contribution in [0, 0.1) is 28.5 Å². The average Bonchev–Trinajstić information content (AvgIpc) is 2.50. The van der Waals surface area contributed by atoms with Gasteiger partial charge in [-0.3, -0.25) is 4.79 Å². The van der Waals surface area contributed by atoms with Crippen LogP contribution >= 0.6 is 0 Å². The molecule has 21 heavy (non-hydrogen) atoms. The van der Waals surface area contributed by atoms with Crippen LogP contribution in [0.2, 0.25) is 0 Å². The Morgan fingerprint density at radius 1 is 1.05 bits per heavy atom. The second kappa shape index (κ2) is 6.31. The van der Waals surface area contributed by atoms with Crippen molar-refractivity contribution in [3.63, 3.8) is 0 Å². The number of carbonyl (C=O) groups excluding carboxylic acids is 1. The number of hydrogen-bond acceptors (Lipinski definition) is 3. The second-order valence-electron chi connectivity index (χ2n) is 4.34. The van der Waals surface area contributed by atoms with E-state index in [-0.39, 0.29) is 23.6 Å². The second-order valence-corrected chi connectivity index (χ2v) is 4.34. The molecule has 5 heteroatoms. The van der Waals surface area contributed by atoms with Gasteiger partial charge in [-0.2, -0.15) is 10.5 Å². The van der Waals surface area contributed by atoms with E-state index < -0.39 is 5.82 Å². The minimum absolute atomic E-state index is 0.0349. The lowest BCUT2D eigenvalue weighted by Crippen LogP contribution is -2.15. The van der Waals surface area contributed by atoms with Gasteiger partial charge >= 0.3 is 0 Å². The molecule has 2 aromatic carbocycles. The fourth-order valence-electron chi connectivity index (χ4n) is 1.76. The van der Waals surface area contributed by atoms with E-state index in [0.29, 0.717) is 5.56 Å². The van der Waals surface area contributed by atoms with Gasteiger partial charge in [0.25, 0.3) is 0 Å². The fraction of sp³-hybridized carbons (Fsp3) is 0.0625. The standard InChI is InChI=1S/C16H10FN3O/c17-14-7-13(10-19)5-6-15(14)20-16(21)8-11-1-3-12(9-18)4-2-11/h1-7H,8H2,(H,20,21). The number of hydrogen-bond donors (Lipinski definition) is 1. The Morgan fingerprint density at radius 2 is 1.67 bits per heavy atom. The summed E-state index contributed by atoms with van der Waals surface area (Å²) in [5.74, 6) is -1.02. The van der Waals surface area contributed by atoms with Crippen LogP contribution in [0.4, 0.5) is 10.1 Å². The molecule has 0 spiro atoms. The third-order valence-corrected chi connectivity index (χ3v) is 2.82. The maximum Gasteiger partial charge on any atom is 0.228 e. The molecule has 0 aliphatic heterocycles. The number of nitrogens with zero attached hydrogens (tertiary/aromatic N) is 2. The van der Waals surface area contributed by atoms with Crippen LogP contribution in [0.25, 0.3) is 0 Å². The van der Waals surface area contributed by atoms with E-state index in [1.807, 2.05) is 12.1 Å². The van der Waals surface area contributed by atoms with Crippen molar-refractivity contribution in [2.24, 2.45) is 0 Å². The monoisotopic (exact) mass is 279 g/mol. The number of halogens is 1. The van der Waals surface area contributed by atoms with Crippen molar-refractivity contribution >= 4 is 11.6 Å². The van der Waals surface area contributed by atoms with Crippen molar-refractivity contribution in [3.05, 3.63) is 65.0 Å². The molecule has 4 nitrogen and oxygen atoms in total. The molecule has 0 unspecified atom stereocenters. The van der Waals surface area contributed by atoms with Gasteiger partial charge in [0, 0.05) is 0 Å². The molecule has 0 aliphatic rings. The van der Waals surface area contributed by atoms with Crippen LogP contribution in [0.1, 0.15) is 16.7 Å². The minimum atomic E-state index is -0.651. The van der Waals surface area contributed by atoms with Crippen molar-refractivity contribution < 1.29 is 9.18 Å². The van der Waals surface area contributed by atoms with Gasteiger partial charge in [-0.1, -0.05) is 12.1 Å². The summed E-state index contributed by atoms with van der Waals surface area (Å²) in [6.45, 7) is 0. The largest absolute Gasteiger partial charge is 0.323 e. The van der Waals surface area contributed by atoms with Crippen molar-refractivity contribution in [2.45, 2.75) is 6.42 Å². The Kier molecular flexibility index (Phi) is 4.28. The third kappa shape index (κ3) is 3.65. The van der Waals surface area contributed by atoms with Crippen LogP contribution in [0.15, 0.2) is 42.5 Å². The van der Waals surface area contributed by atoms with Crippen LogP contribution in [0.5, 0.6) is 0 Å². The predicted molar refractivity (Wildman–Crippen MR) is 74.6 cm³/mol. The number of rotatable bonds is 3. The number of anilines is 1. The van der Waals surface area contributed by atoms with Gasteiger partial charge in [-0.05, 0) is 35.9 Å². The Morgan fingerprint density at radius 3 is 2.24 bits per heavy atom. The van der Waals surface area contributed by atoms with E-state index >= 15 is 0 Å². The summed E-state index contributed by atoms with van der Waals surface area (Å²) in [6, 6.07) is 14.2. The average molecular weight is 279 g/mol. The molecule has 0 bridgehead atoms. The zero-order valence-corrected chi connectivity index (χ0v) is 10.9. The van der Waals surface area contributed by atoms with Crippen LogP contribution < -0.4 is 5.32 Å². The first kappa shape index (κ1) is 14.2. The molecule has 1 amide bonds. The Hall–Kier alpha value is -3.18. The summed E-state index contributed by atoms with van der Waals surface area (Å²) in [5, 5.41) is 19.8. The summed E-state index contributed by atoms with van der Waals surface area (Å²) in [4.78, 5) is 11.8. The first-order valence-electron chi connectivity index (χ1n) is 6.11. The Bertz CT molecular complexity index is 755. The molecule has 0 atom stereocenters. The summed E-state index contributed by atoms with van der Waals surface area (Å²) in [5.41, 5.74) is 1.46. The van der Waals surface area contributed by atoms with Crippen molar-refractivity contribution in [3.8, 4) is 12.1 Å². The number of amides is 1. The van der Waals surface area contributed by atoms with Gasteiger partial charge in [-0.25, -0.2) is 4.39 Å². The minimum Gasteiger partial charge on any atom is -0.323 e. The zero-order chi connectivity index (χ0) is 15.2. The van der Waals surface area contributed by atoms with E-state index in [1.165, 1.54) is 12.1 Å². The van der Waals surface area contributed by atoms with Crippen molar-refractivity contribution in [1.82, 2.24) is 0 Å². The summed E-state index contributed by atoms with van der Waals surface area (Å²) < 4.78 is 13.6. The summed E-state index contributed by atoms with van der Waals surface area (Å²) in [7, 11) is 0. The molecule has 2 rings (SSSR count). The number of carbonyl (C=O) groups is 1. The molecule has 1 N–H and O–H groups in total. The highest BCUT2D eigenvalue weighted by molar-refractivity contribution is 5.92. The summed E-state index contributed by atoms with van der Waals surface area (Å²) in [6.07, 6.45) is 0.0746. The van der Waals surface area contributed by atoms with Gasteiger partial charge in [0.05, 0.1) is 35.4 Å². The molecule has 2 aromatic rings. The molecule has 0 radical (unpaired) electrons. The van der Waals surface area contributed by atoms with E-state index in [9.17, 15) is 9.18 Å². The van der Waals surface area contributed by atoms with Gasteiger partial charge in [0.2, 0.25) is 5.91 Å². The summed E-state index contributed by atoms with van der Waals surface area (Å²) >= 11 is 0. The quantitative estimate of drug-likeness (QED) is 0.938. The van der Waals surface area contributed by atoms with Gasteiger partial charge < -0.3 is 5.32 Å². The lowest BCUT2D eigenvalue weighted by atomic mass is 10.1. The number of nitriles is 2. The molecular weight excluding hydrogens is 269 g/mol. The van der Waals surface area contributed by atoms with Gasteiger partial charge in [0.15, 0.2) is 0 Å². The van der Waals surface area contributed by atoms with E-state index in [2.05, 4.69) is 5.32 Å². The maximum atomic E-state index is 13.6. The number of benzene rings is 2. The Balaban J connectivity index is 2.05. The van der Waals surface area contributed by atoms with Crippen LogP contribution in [-0.2, 0) is 11.2 Å². The highest BCUT2D eigenvalue weighted by Gasteiger charge is 2.08. The highest BCUT2D eigenvalue weighted by Crippen LogP contribution is 2.16. The van der Waals surface area contributed by atoms with Crippen molar-refractivity contribution in [2.75, 3.05) is 5.32 Å². The lowest BCUT2D eigenvalue weighted by molar-refractivity contribution is -0.115. The van der Waals surface area contributed by atoms with Crippen molar-refractivity contribution in [1.29, 1.82) is 10.5 Å². The van der Waals surface area contributed by atoms with E-state index in [4.69, 9.17) is 10.5 Å². The van der Waals surface area contributed by atoms with E-state index in [1.54, 1.807) is 24.3 Å². The molecule has 102 valence electrons. The van der Waals surface area contributed by atoms with Crippen LogP contribution in [0.3, 0.4) is 0 Å².